The molecular weight excluding hydrogens is 248 g/mol. The Bertz CT molecular complexity index is 227. The van der Waals surface area contributed by atoms with Crippen LogP contribution in [-0.2, 0) is 6.42 Å². The van der Waals surface area contributed by atoms with Crippen LogP contribution in [0.1, 0.15) is 11.8 Å². The highest BCUT2D eigenvalue weighted by molar-refractivity contribution is 9.10. The molecule has 1 N–H and O–H groups in total. The Morgan fingerprint density at radius 1 is 1.82 bits per heavy atom. The van der Waals surface area contributed by atoms with Crippen LogP contribution >= 0.6 is 38.9 Å². The van der Waals surface area contributed by atoms with Gasteiger partial charge in [0.1, 0.15) is 4.34 Å². The highest BCUT2D eigenvalue weighted by Crippen LogP contribution is 2.32. The van der Waals surface area contributed by atoms with Crippen LogP contribution in [-0.4, -0.2) is 11.2 Å². The molecule has 1 aromatic rings. The number of hydrogen-bond donors (Lipinski definition) is 1. The molecular formula is C7H8BrClOS. The molecule has 0 radical (unpaired) electrons. The van der Waals surface area contributed by atoms with Gasteiger partial charge in [-0.3, -0.25) is 0 Å². The average Bonchev–Trinajstić information content (AvgIpc) is 2.10. The summed E-state index contributed by atoms with van der Waals surface area (Å²) in [6.07, 6.45) is 0.382. The van der Waals surface area contributed by atoms with Crippen LogP contribution in [0.25, 0.3) is 0 Å². The first kappa shape index (κ1) is 9.52. The van der Waals surface area contributed by atoms with E-state index in [2.05, 4.69) is 15.9 Å². The third kappa shape index (κ3) is 2.75. The summed E-state index contributed by atoms with van der Waals surface area (Å²) in [5, 5.41) is 9.05. The molecule has 1 aromatic heterocycles. The maximum Gasteiger partial charge on any atom is 0.107 e. The van der Waals surface area contributed by atoms with E-state index in [1.807, 2.05) is 6.07 Å². The van der Waals surface area contributed by atoms with E-state index in [9.17, 15) is 0 Å². The normalized spacial score (nSPS) is 13.5. The minimum Gasteiger partial charge on any atom is -0.393 e. The number of aliphatic hydroxyl groups is 1. The lowest BCUT2D eigenvalue weighted by atomic mass is 10.2. The van der Waals surface area contributed by atoms with E-state index in [1.54, 1.807) is 6.92 Å². The molecule has 1 rings (SSSR count). The van der Waals surface area contributed by atoms with E-state index in [4.69, 9.17) is 16.7 Å². The third-order valence-electron chi connectivity index (χ3n) is 1.19. The molecule has 0 bridgehead atoms. The van der Waals surface area contributed by atoms with Gasteiger partial charge in [-0.05, 0) is 28.9 Å². The Morgan fingerprint density at radius 3 is 2.82 bits per heavy atom. The van der Waals surface area contributed by atoms with Crippen molar-refractivity contribution in [3.05, 3.63) is 19.8 Å². The number of thiophene rings is 1. The second kappa shape index (κ2) is 3.90. The standard InChI is InChI=1S/C7H8BrClOS/c1-4(10)2-5-3-6(8)7(9)11-5/h3-4,10H,2H2,1H3/t4-/m1/s1. The quantitative estimate of drug-likeness (QED) is 0.861. The monoisotopic (exact) mass is 254 g/mol. The first-order valence-electron chi connectivity index (χ1n) is 3.21. The first-order valence-corrected chi connectivity index (χ1v) is 5.20. The molecule has 11 heavy (non-hydrogen) atoms. The SMILES string of the molecule is C[C@@H](O)Cc1cc(Br)c(Cl)s1. The van der Waals surface area contributed by atoms with Crippen LogP contribution in [0.2, 0.25) is 4.34 Å². The lowest BCUT2D eigenvalue weighted by molar-refractivity contribution is 0.196. The molecule has 1 heterocycles. The lowest BCUT2D eigenvalue weighted by Gasteiger charge is -1.98. The molecule has 0 aliphatic rings. The zero-order valence-corrected chi connectivity index (χ0v) is 9.13. The van der Waals surface area contributed by atoms with Gasteiger partial charge in [0.25, 0.3) is 0 Å². The van der Waals surface area contributed by atoms with Gasteiger partial charge in [-0.15, -0.1) is 11.3 Å². The van der Waals surface area contributed by atoms with Crippen LogP contribution in [0.5, 0.6) is 0 Å². The summed E-state index contributed by atoms with van der Waals surface area (Å²) in [7, 11) is 0. The fraction of sp³-hybridized carbons (Fsp3) is 0.429. The van der Waals surface area contributed by atoms with Gasteiger partial charge < -0.3 is 5.11 Å². The highest BCUT2D eigenvalue weighted by Gasteiger charge is 2.06. The zero-order valence-electron chi connectivity index (χ0n) is 5.97. The van der Waals surface area contributed by atoms with E-state index in [-0.39, 0.29) is 6.10 Å². The van der Waals surface area contributed by atoms with Crippen molar-refractivity contribution in [1.82, 2.24) is 0 Å². The van der Waals surface area contributed by atoms with Crippen LogP contribution in [0, 0.1) is 0 Å². The lowest BCUT2D eigenvalue weighted by Crippen LogP contribution is -2.01. The van der Waals surface area contributed by atoms with Crippen molar-refractivity contribution in [2.24, 2.45) is 0 Å². The van der Waals surface area contributed by atoms with Crippen molar-refractivity contribution >= 4 is 38.9 Å². The average molecular weight is 256 g/mol. The van der Waals surface area contributed by atoms with Crippen molar-refractivity contribution in [2.75, 3.05) is 0 Å². The second-order valence-corrected chi connectivity index (χ2v) is 4.98. The fourth-order valence-electron chi connectivity index (χ4n) is 0.783. The Hall–Kier alpha value is 0.430. The van der Waals surface area contributed by atoms with Crippen LogP contribution < -0.4 is 0 Å². The predicted octanol–water partition coefficient (Wildman–Crippen LogP) is 3.09. The molecule has 0 aromatic carbocycles. The Labute approximate surface area is 83.1 Å². The van der Waals surface area contributed by atoms with Gasteiger partial charge in [0.15, 0.2) is 0 Å². The van der Waals surface area contributed by atoms with Crippen LogP contribution in [0.15, 0.2) is 10.5 Å². The van der Waals surface area contributed by atoms with E-state index in [0.29, 0.717) is 6.42 Å². The molecule has 0 aliphatic carbocycles. The van der Waals surface area contributed by atoms with Gasteiger partial charge in [-0.25, -0.2) is 0 Å². The van der Waals surface area contributed by atoms with E-state index < -0.39 is 0 Å². The molecule has 1 nitrogen and oxygen atoms in total. The Kier molecular flexibility index (Phi) is 3.37. The smallest absolute Gasteiger partial charge is 0.107 e. The summed E-state index contributed by atoms with van der Waals surface area (Å²) >= 11 is 10.6. The third-order valence-corrected chi connectivity index (χ3v) is 3.69. The topological polar surface area (TPSA) is 20.2 Å². The van der Waals surface area contributed by atoms with Gasteiger partial charge in [0, 0.05) is 15.8 Å². The molecule has 0 saturated carbocycles. The molecule has 4 heteroatoms. The number of hydrogen-bond acceptors (Lipinski definition) is 2. The summed E-state index contributed by atoms with van der Waals surface area (Å²) < 4.78 is 1.67. The predicted molar refractivity (Wildman–Crippen MR) is 52.4 cm³/mol. The van der Waals surface area contributed by atoms with Crippen molar-refractivity contribution < 1.29 is 5.11 Å². The number of rotatable bonds is 2. The van der Waals surface area contributed by atoms with Crippen molar-refractivity contribution in [2.45, 2.75) is 19.4 Å². The number of aliphatic hydroxyl groups excluding tert-OH is 1. The second-order valence-electron chi connectivity index (χ2n) is 2.39. The summed E-state index contributed by atoms with van der Waals surface area (Å²) in [5.74, 6) is 0. The maximum absolute atomic E-state index is 9.05. The van der Waals surface area contributed by atoms with Gasteiger partial charge >= 0.3 is 0 Å². The van der Waals surface area contributed by atoms with Crippen LogP contribution in [0.3, 0.4) is 0 Å². The molecule has 0 unspecified atom stereocenters. The van der Waals surface area contributed by atoms with Gasteiger partial charge in [-0.2, -0.15) is 0 Å². The maximum atomic E-state index is 9.05. The van der Waals surface area contributed by atoms with E-state index in [1.165, 1.54) is 11.3 Å². The van der Waals surface area contributed by atoms with E-state index in [0.717, 1.165) is 13.7 Å². The van der Waals surface area contributed by atoms with Crippen LogP contribution in [0.4, 0.5) is 0 Å². The van der Waals surface area contributed by atoms with Gasteiger partial charge in [0.05, 0.1) is 6.10 Å². The highest BCUT2D eigenvalue weighted by atomic mass is 79.9. The molecule has 0 fully saturated rings. The number of halogens is 2. The van der Waals surface area contributed by atoms with E-state index >= 15 is 0 Å². The minimum atomic E-state index is -0.295. The summed E-state index contributed by atoms with van der Waals surface area (Å²) in [5.41, 5.74) is 0. The Morgan fingerprint density at radius 2 is 2.45 bits per heavy atom. The van der Waals surface area contributed by atoms with Crippen molar-refractivity contribution in [1.29, 1.82) is 0 Å². The first-order chi connectivity index (χ1) is 5.09. The molecule has 0 amide bonds. The molecule has 1 atom stereocenters. The zero-order chi connectivity index (χ0) is 8.43. The molecule has 0 saturated heterocycles. The summed E-state index contributed by atoms with van der Waals surface area (Å²) in [4.78, 5) is 1.11. The van der Waals surface area contributed by atoms with Crippen molar-refractivity contribution in [3.8, 4) is 0 Å². The minimum absolute atomic E-state index is 0.295. The van der Waals surface area contributed by atoms with Gasteiger partial charge in [-0.1, -0.05) is 11.6 Å². The molecule has 62 valence electrons. The molecule has 0 aliphatic heterocycles. The summed E-state index contributed by atoms with van der Waals surface area (Å²) in [6.45, 7) is 1.77. The van der Waals surface area contributed by atoms with Crippen molar-refractivity contribution in [3.63, 3.8) is 0 Å². The summed E-state index contributed by atoms with van der Waals surface area (Å²) in [6, 6.07) is 1.94. The largest absolute Gasteiger partial charge is 0.393 e. The molecule has 0 spiro atoms. The van der Waals surface area contributed by atoms with Gasteiger partial charge in [0.2, 0.25) is 0 Å². The Balaban J connectivity index is 2.73. The fourth-order valence-corrected chi connectivity index (χ4v) is 2.69.